The maximum atomic E-state index is 3.65. The van der Waals surface area contributed by atoms with Crippen LogP contribution in [0.1, 0.15) is 44.9 Å². The van der Waals surface area contributed by atoms with Crippen LogP contribution in [0.5, 0.6) is 0 Å². The number of aryl methyl sites for hydroxylation is 1. The largest absolute Gasteiger partial charge is 0.310 e. The van der Waals surface area contributed by atoms with Gasteiger partial charge in [-0.3, -0.25) is 0 Å². The number of hydrogen-bond donors (Lipinski definition) is 1. The zero-order valence-electron chi connectivity index (χ0n) is 10.9. The van der Waals surface area contributed by atoms with Gasteiger partial charge in [-0.15, -0.1) is 0 Å². The van der Waals surface area contributed by atoms with E-state index < -0.39 is 0 Å². The van der Waals surface area contributed by atoms with Gasteiger partial charge in [0.25, 0.3) is 0 Å². The Bertz CT molecular complexity index is 352. The molecule has 0 spiro atoms. The van der Waals surface area contributed by atoms with Crippen LogP contribution in [0.2, 0.25) is 0 Å². The molecular weight excluding hydrogens is 262 g/mol. The Morgan fingerprint density at radius 3 is 2.44 bits per heavy atom. The van der Waals surface area contributed by atoms with E-state index in [1.807, 2.05) is 0 Å². The Morgan fingerprint density at radius 2 is 1.94 bits per heavy atom. The van der Waals surface area contributed by atoms with Gasteiger partial charge in [0.05, 0.1) is 0 Å². The molecular formula is C14H22BrN. The van der Waals surface area contributed by atoms with Crippen molar-refractivity contribution in [1.82, 2.24) is 5.32 Å². The standard InChI is InChI=1S/C14H22BrN/c1-6-16-13(14(3,4)5)11-9-10(2)7-8-12(11)15/h7-9,13,16H,6H2,1-5H3. The third-order valence-corrected chi connectivity index (χ3v) is 3.46. The molecule has 16 heavy (non-hydrogen) atoms. The molecule has 0 radical (unpaired) electrons. The van der Waals surface area contributed by atoms with Crippen LogP contribution >= 0.6 is 15.9 Å². The second kappa shape index (κ2) is 5.33. The lowest BCUT2D eigenvalue weighted by molar-refractivity contribution is 0.276. The summed E-state index contributed by atoms with van der Waals surface area (Å²) in [5, 5.41) is 3.58. The van der Waals surface area contributed by atoms with Gasteiger partial charge < -0.3 is 5.32 Å². The van der Waals surface area contributed by atoms with Gasteiger partial charge in [-0.05, 0) is 30.5 Å². The van der Waals surface area contributed by atoms with Crippen LogP contribution < -0.4 is 5.32 Å². The van der Waals surface area contributed by atoms with E-state index in [0.29, 0.717) is 6.04 Å². The Labute approximate surface area is 108 Å². The summed E-state index contributed by atoms with van der Waals surface area (Å²) in [7, 11) is 0. The zero-order valence-corrected chi connectivity index (χ0v) is 12.5. The van der Waals surface area contributed by atoms with Crippen molar-refractivity contribution in [2.24, 2.45) is 5.41 Å². The molecule has 0 aliphatic heterocycles. The second-order valence-electron chi connectivity index (χ2n) is 5.38. The summed E-state index contributed by atoms with van der Waals surface area (Å²) < 4.78 is 1.19. The van der Waals surface area contributed by atoms with Crippen LogP contribution in [-0.2, 0) is 0 Å². The van der Waals surface area contributed by atoms with Crippen molar-refractivity contribution >= 4 is 15.9 Å². The van der Waals surface area contributed by atoms with Gasteiger partial charge in [0.15, 0.2) is 0 Å². The first-order chi connectivity index (χ1) is 7.36. The molecule has 0 aromatic heterocycles. The maximum Gasteiger partial charge on any atom is 0.0380 e. The maximum absolute atomic E-state index is 3.65. The van der Waals surface area contributed by atoms with Crippen LogP contribution in [0.15, 0.2) is 22.7 Å². The van der Waals surface area contributed by atoms with Crippen LogP contribution in [0.3, 0.4) is 0 Å². The average Bonchev–Trinajstić information content (AvgIpc) is 2.17. The molecule has 90 valence electrons. The normalized spacial score (nSPS) is 13.9. The molecule has 2 heteroatoms. The van der Waals surface area contributed by atoms with Crippen molar-refractivity contribution < 1.29 is 0 Å². The second-order valence-corrected chi connectivity index (χ2v) is 6.24. The summed E-state index contributed by atoms with van der Waals surface area (Å²) >= 11 is 3.65. The molecule has 0 bridgehead atoms. The van der Waals surface area contributed by atoms with Crippen LogP contribution in [0.25, 0.3) is 0 Å². The highest BCUT2D eigenvalue weighted by molar-refractivity contribution is 9.10. The van der Waals surface area contributed by atoms with E-state index in [9.17, 15) is 0 Å². The van der Waals surface area contributed by atoms with Crippen molar-refractivity contribution in [2.75, 3.05) is 6.54 Å². The van der Waals surface area contributed by atoms with Gasteiger partial charge in [-0.2, -0.15) is 0 Å². The number of nitrogens with one attached hydrogen (secondary N) is 1. The third kappa shape index (κ3) is 3.33. The number of halogens is 1. The van der Waals surface area contributed by atoms with Gasteiger partial charge in [0, 0.05) is 10.5 Å². The zero-order chi connectivity index (χ0) is 12.3. The first-order valence-electron chi connectivity index (χ1n) is 5.85. The first-order valence-corrected chi connectivity index (χ1v) is 6.65. The predicted molar refractivity (Wildman–Crippen MR) is 74.8 cm³/mol. The van der Waals surface area contributed by atoms with Crippen LogP contribution in [0.4, 0.5) is 0 Å². The molecule has 0 aliphatic carbocycles. The topological polar surface area (TPSA) is 12.0 Å². The van der Waals surface area contributed by atoms with E-state index in [4.69, 9.17) is 0 Å². The number of hydrogen-bond acceptors (Lipinski definition) is 1. The summed E-state index contributed by atoms with van der Waals surface area (Å²) in [4.78, 5) is 0. The molecule has 1 rings (SSSR count). The quantitative estimate of drug-likeness (QED) is 0.864. The fourth-order valence-electron chi connectivity index (χ4n) is 1.97. The highest BCUT2D eigenvalue weighted by atomic mass is 79.9. The minimum Gasteiger partial charge on any atom is -0.310 e. The van der Waals surface area contributed by atoms with Crippen molar-refractivity contribution in [3.63, 3.8) is 0 Å². The van der Waals surface area contributed by atoms with Gasteiger partial charge in [-0.1, -0.05) is 61.3 Å². The van der Waals surface area contributed by atoms with E-state index in [1.54, 1.807) is 0 Å². The minimum atomic E-state index is 0.215. The monoisotopic (exact) mass is 283 g/mol. The summed E-state index contributed by atoms with van der Waals surface area (Å²) in [5.74, 6) is 0. The molecule has 1 unspecified atom stereocenters. The van der Waals surface area contributed by atoms with Gasteiger partial charge in [0.2, 0.25) is 0 Å². The summed E-state index contributed by atoms with van der Waals surface area (Å²) in [6.45, 7) is 12.1. The molecule has 1 nitrogen and oxygen atoms in total. The van der Waals surface area contributed by atoms with Crippen molar-refractivity contribution in [1.29, 1.82) is 0 Å². The van der Waals surface area contributed by atoms with Gasteiger partial charge in [0.1, 0.15) is 0 Å². The summed E-state index contributed by atoms with van der Waals surface area (Å²) in [5.41, 5.74) is 2.88. The van der Waals surface area contributed by atoms with E-state index >= 15 is 0 Å². The smallest absolute Gasteiger partial charge is 0.0380 e. The Balaban J connectivity index is 3.15. The van der Waals surface area contributed by atoms with Crippen molar-refractivity contribution in [2.45, 2.75) is 40.7 Å². The minimum absolute atomic E-state index is 0.215. The lowest BCUT2D eigenvalue weighted by atomic mass is 9.82. The molecule has 1 aromatic rings. The van der Waals surface area contributed by atoms with Crippen molar-refractivity contribution in [3.05, 3.63) is 33.8 Å². The molecule has 0 saturated carbocycles. The number of rotatable bonds is 3. The highest BCUT2D eigenvalue weighted by Crippen LogP contribution is 2.36. The Hall–Kier alpha value is -0.340. The van der Waals surface area contributed by atoms with E-state index in [-0.39, 0.29) is 5.41 Å². The van der Waals surface area contributed by atoms with E-state index in [1.165, 1.54) is 15.6 Å². The van der Waals surface area contributed by atoms with Gasteiger partial charge in [-0.25, -0.2) is 0 Å². The third-order valence-electron chi connectivity index (χ3n) is 2.74. The first kappa shape index (κ1) is 13.7. The molecule has 1 aromatic carbocycles. The molecule has 0 aliphatic rings. The molecule has 0 amide bonds. The lowest BCUT2D eigenvalue weighted by Gasteiger charge is -2.32. The Morgan fingerprint density at radius 1 is 1.31 bits per heavy atom. The summed E-state index contributed by atoms with van der Waals surface area (Å²) in [6.07, 6.45) is 0. The molecule has 1 atom stereocenters. The van der Waals surface area contributed by atoms with E-state index in [2.05, 4.69) is 74.1 Å². The lowest BCUT2D eigenvalue weighted by Crippen LogP contribution is -2.32. The fraction of sp³-hybridized carbons (Fsp3) is 0.571. The highest BCUT2D eigenvalue weighted by Gasteiger charge is 2.26. The average molecular weight is 284 g/mol. The number of benzene rings is 1. The van der Waals surface area contributed by atoms with Crippen LogP contribution in [-0.4, -0.2) is 6.54 Å². The van der Waals surface area contributed by atoms with Crippen LogP contribution in [0, 0.1) is 12.3 Å². The molecule has 0 fully saturated rings. The van der Waals surface area contributed by atoms with E-state index in [0.717, 1.165) is 6.54 Å². The SMILES string of the molecule is CCNC(c1cc(C)ccc1Br)C(C)(C)C. The van der Waals surface area contributed by atoms with Crippen molar-refractivity contribution in [3.8, 4) is 0 Å². The Kier molecular flexibility index (Phi) is 4.57. The molecule has 0 heterocycles. The summed E-state index contributed by atoms with van der Waals surface area (Å²) in [6, 6.07) is 6.93. The predicted octanol–water partition coefficient (Wildman–Crippen LogP) is 4.45. The fourth-order valence-corrected chi connectivity index (χ4v) is 2.45. The molecule has 0 saturated heterocycles. The molecule has 1 N–H and O–H groups in total. The van der Waals surface area contributed by atoms with Gasteiger partial charge >= 0.3 is 0 Å².